The van der Waals surface area contributed by atoms with Crippen molar-refractivity contribution in [3.05, 3.63) is 116 Å². The molecule has 4 aromatic rings. The maximum absolute atomic E-state index is 12.4. The molecule has 0 aliphatic rings. The van der Waals surface area contributed by atoms with E-state index in [-0.39, 0.29) is 5.78 Å². The van der Waals surface area contributed by atoms with Crippen LogP contribution in [0.1, 0.15) is 27.0 Å². The molecule has 0 saturated carbocycles. The maximum atomic E-state index is 12.4. The van der Waals surface area contributed by atoms with Crippen LogP contribution in [0.25, 0.3) is 16.8 Å². The van der Waals surface area contributed by atoms with Crippen LogP contribution in [-0.2, 0) is 6.61 Å². The van der Waals surface area contributed by atoms with E-state index < -0.39 is 0 Å². The van der Waals surface area contributed by atoms with Crippen LogP contribution < -0.4 is 4.74 Å². The number of halogens is 2. The van der Waals surface area contributed by atoms with Crippen LogP contribution in [-0.4, -0.2) is 5.78 Å². The predicted molar refractivity (Wildman–Crippen MR) is 135 cm³/mol. The maximum Gasteiger partial charge on any atom is 0.185 e. The highest BCUT2D eigenvalue weighted by atomic mass is 79.9. The fourth-order valence-corrected chi connectivity index (χ4v) is 4.82. The molecule has 4 rings (SSSR count). The molecule has 0 saturated heterocycles. The molecule has 154 valence electrons. The number of ketones is 1. The van der Waals surface area contributed by atoms with Crippen LogP contribution in [0, 0.1) is 6.92 Å². The molecule has 0 bridgehead atoms. The van der Waals surface area contributed by atoms with Crippen LogP contribution in [0.3, 0.4) is 0 Å². The van der Waals surface area contributed by atoms with Crippen molar-refractivity contribution in [1.29, 1.82) is 0 Å². The van der Waals surface area contributed by atoms with Gasteiger partial charge in [0.2, 0.25) is 0 Å². The molecule has 2 nitrogen and oxygen atoms in total. The molecule has 4 heteroatoms. The summed E-state index contributed by atoms with van der Waals surface area (Å²) in [6, 6.07) is 26.0. The number of benzene rings is 4. The van der Waals surface area contributed by atoms with Crippen molar-refractivity contribution < 1.29 is 9.53 Å². The van der Waals surface area contributed by atoms with Crippen molar-refractivity contribution in [3.8, 4) is 5.75 Å². The van der Waals surface area contributed by atoms with Crippen LogP contribution >= 0.6 is 31.9 Å². The third kappa shape index (κ3) is 5.15. The van der Waals surface area contributed by atoms with Gasteiger partial charge >= 0.3 is 0 Å². The zero-order chi connectivity index (χ0) is 21.8. The van der Waals surface area contributed by atoms with Crippen LogP contribution in [0.15, 0.2) is 93.9 Å². The van der Waals surface area contributed by atoms with Crippen molar-refractivity contribution in [3.63, 3.8) is 0 Å². The normalized spacial score (nSPS) is 11.2. The fourth-order valence-electron chi connectivity index (χ4n) is 3.37. The molecule has 0 radical (unpaired) electrons. The average Bonchev–Trinajstić information content (AvgIpc) is 2.77. The van der Waals surface area contributed by atoms with E-state index in [0.29, 0.717) is 12.2 Å². The Balaban J connectivity index is 1.50. The average molecular weight is 536 g/mol. The van der Waals surface area contributed by atoms with E-state index in [1.165, 1.54) is 10.8 Å². The van der Waals surface area contributed by atoms with Crippen molar-refractivity contribution in [2.24, 2.45) is 0 Å². The van der Waals surface area contributed by atoms with Gasteiger partial charge in [0.05, 0.1) is 8.95 Å². The zero-order valence-electron chi connectivity index (χ0n) is 16.9. The van der Waals surface area contributed by atoms with Crippen molar-refractivity contribution >= 4 is 54.5 Å². The summed E-state index contributed by atoms with van der Waals surface area (Å²) in [7, 11) is 0. The molecule has 31 heavy (non-hydrogen) atoms. The highest BCUT2D eigenvalue weighted by molar-refractivity contribution is 9.11. The minimum Gasteiger partial charge on any atom is -0.487 e. The Bertz CT molecular complexity index is 1250. The first-order valence-corrected chi connectivity index (χ1v) is 11.5. The summed E-state index contributed by atoms with van der Waals surface area (Å²) in [6.45, 7) is 2.46. The zero-order valence-corrected chi connectivity index (χ0v) is 20.1. The molecular weight excluding hydrogens is 516 g/mol. The SMILES string of the molecule is Cc1ccc(C(=O)/C=C/c2cc(Br)c(OCc3cccc4ccccc34)c(Br)c2)cc1. The molecule has 0 heterocycles. The van der Waals surface area contributed by atoms with E-state index in [0.717, 1.165) is 31.4 Å². The predicted octanol–water partition coefficient (Wildman–Crippen LogP) is 8.15. The van der Waals surface area contributed by atoms with Gasteiger partial charge in [0.1, 0.15) is 12.4 Å². The van der Waals surface area contributed by atoms with Gasteiger partial charge in [-0.25, -0.2) is 0 Å². The van der Waals surface area contributed by atoms with Gasteiger partial charge in [-0.1, -0.05) is 78.4 Å². The lowest BCUT2D eigenvalue weighted by molar-refractivity contribution is 0.104. The number of carbonyl (C=O) groups is 1. The number of fused-ring (bicyclic) bond motifs is 1. The summed E-state index contributed by atoms with van der Waals surface area (Å²) >= 11 is 7.21. The molecule has 0 unspecified atom stereocenters. The third-order valence-electron chi connectivity index (χ3n) is 5.04. The van der Waals surface area contributed by atoms with Gasteiger partial charge in [0.25, 0.3) is 0 Å². The molecule has 4 aromatic carbocycles. The Morgan fingerprint density at radius 1 is 0.903 bits per heavy atom. The molecule has 0 aliphatic heterocycles. The molecule has 0 N–H and O–H groups in total. The standard InChI is InChI=1S/C27H20Br2O2/c1-18-9-12-21(13-10-18)26(30)14-11-19-15-24(28)27(25(29)16-19)31-17-22-7-4-6-20-5-2-3-8-23(20)22/h2-16H,17H2,1H3/b14-11+. The quantitative estimate of drug-likeness (QED) is 0.184. The second-order valence-electron chi connectivity index (χ2n) is 7.30. The summed E-state index contributed by atoms with van der Waals surface area (Å²) in [5.41, 5.74) is 3.84. The number of ether oxygens (including phenoxy) is 1. The molecule has 0 amide bonds. The number of hydrogen-bond donors (Lipinski definition) is 0. The number of aryl methyl sites for hydroxylation is 1. The van der Waals surface area contributed by atoms with Gasteiger partial charge < -0.3 is 4.74 Å². The van der Waals surface area contributed by atoms with Gasteiger partial charge in [0, 0.05) is 5.56 Å². The molecule has 0 aromatic heterocycles. The topological polar surface area (TPSA) is 26.3 Å². The minimum absolute atomic E-state index is 0.0245. The smallest absolute Gasteiger partial charge is 0.185 e. The first-order valence-electron chi connectivity index (χ1n) is 9.89. The van der Waals surface area contributed by atoms with E-state index in [1.807, 2.05) is 67.6 Å². The summed E-state index contributed by atoms with van der Waals surface area (Å²) in [6.07, 6.45) is 3.40. The van der Waals surface area contributed by atoms with Crippen molar-refractivity contribution in [2.45, 2.75) is 13.5 Å². The van der Waals surface area contributed by atoms with E-state index in [4.69, 9.17) is 4.74 Å². The minimum atomic E-state index is -0.0245. The van der Waals surface area contributed by atoms with E-state index in [1.54, 1.807) is 6.08 Å². The summed E-state index contributed by atoms with van der Waals surface area (Å²) in [4.78, 5) is 12.4. The number of carbonyl (C=O) groups excluding carboxylic acids is 1. The number of allylic oxidation sites excluding steroid dienone is 1. The van der Waals surface area contributed by atoms with Crippen LogP contribution in [0.4, 0.5) is 0 Å². The first-order chi connectivity index (χ1) is 15.0. The lowest BCUT2D eigenvalue weighted by atomic mass is 10.1. The Morgan fingerprint density at radius 2 is 1.58 bits per heavy atom. The molecule has 0 fully saturated rings. The molecular formula is C27H20Br2O2. The Labute approximate surface area is 198 Å². The molecule has 0 aliphatic carbocycles. The highest BCUT2D eigenvalue weighted by Gasteiger charge is 2.10. The van der Waals surface area contributed by atoms with Gasteiger partial charge in [-0.3, -0.25) is 4.79 Å². The van der Waals surface area contributed by atoms with Gasteiger partial charge in [-0.15, -0.1) is 0 Å². The van der Waals surface area contributed by atoms with E-state index >= 15 is 0 Å². The number of rotatable bonds is 6. The van der Waals surface area contributed by atoms with Crippen molar-refractivity contribution in [2.75, 3.05) is 0 Å². The third-order valence-corrected chi connectivity index (χ3v) is 6.21. The van der Waals surface area contributed by atoms with Crippen LogP contribution in [0.2, 0.25) is 0 Å². The Hall–Kier alpha value is -2.69. The van der Waals surface area contributed by atoms with Gasteiger partial charge in [-0.2, -0.15) is 0 Å². The lowest BCUT2D eigenvalue weighted by Gasteiger charge is -2.13. The number of hydrogen-bond acceptors (Lipinski definition) is 2. The van der Waals surface area contributed by atoms with E-state index in [2.05, 4.69) is 56.1 Å². The second-order valence-corrected chi connectivity index (χ2v) is 9.01. The Kier molecular flexibility index (Phi) is 6.69. The Morgan fingerprint density at radius 3 is 2.32 bits per heavy atom. The summed E-state index contributed by atoms with van der Waals surface area (Å²) < 4.78 is 7.79. The summed E-state index contributed by atoms with van der Waals surface area (Å²) in [5, 5.41) is 2.38. The van der Waals surface area contributed by atoms with E-state index in [9.17, 15) is 4.79 Å². The van der Waals surface area contributed by atoms with Crippen molar-refractivity contribution in [1.82, 2.24) is 0 Å². The van der Waals surface area contributed by atoms with Crippen LogP contribution in [0.5, 0.6) is 5.75 Å². The summed E-state index contributed by atoms with van der Waals surface area (Å²) in [5.74, 6) is 0.707. The lowest BCUT2D eigenvalue weighted by Crippen LogP contribution is -1.98. The monoisotopic (exact) mass is 534 g/mol. The molecule has 0 atom stereocenters. The molecule has 0 spiro atoms. The second kappa shape index (κ2) is 9.63. The first kappa shape index (κ1) is 21.5. The highest BCUT2D eigenvalue weighted by Crippen LogP contribution is 2.36. The largest absolute Gasteiger partial charge is 0.487 e. The van der Waals surface area contributed by atoms with Gasteiger partial charge in [-0.05, 0) is 78.9 Å². The van der Waals surface area contributed by atoms with Gasteiger partial charge in [0.15, 0.2) is 5.78 Å². The fraction of sp³-hybridized carbons (Fsp3) is 0.0741.